The summed E-state index contributed by atoms with van der Waals surface area (Å²) in [5, 5.41) is 0. The zero-order valence-corrected chi connectivity index (χ0v) is 25.0. The molecule has 0 radical (unpaired) electrons. The molecule has 2 nitrogen and oxygen atoms in total. The highest BCUT2D eigenvalue weighted by molar-refractivity contribution is 5.75. The van der Waals surface area contributed by atoms with Crippen LogP contribution in [0.4, 0.5) is 0 Å². The van der Waals surface area contributed by atoms with Crippen LogP contribution in [0.2, 0.25) is 0 Å². The van der Waals surface area contributed by atoms with E-state index in [0.717, 1.165) is 44.4 Å². The lowest BCUT2D eigenvalue weighted by molar-refractivity contribution is -0.139. The van der Waals surface area contributed by atoms with Gasteiger partial charge in [-0.3, -0.25) is 4.79 Å². The highest BCUT2D eigenvalue weighted by Gasteiger charge is 2.23. The Morgan fingerprint density at radius 1 is 0.725 bits per heavy atom. The third kappa shape index (κ3) is 9.36. The second-order valence-corrected chi connectivity index (χ2v) is 12.0. The number of esters is 1. The van der Waals surface area contributed by atoms with Gasteiger partial charge in [-0.05, 0) is 97.6 Å². The summed E-state index contributed by atoms with van der Waals surface area (Å²) in [6.07, 6.45) is 16.7. The molecule has 0 amide bonds. The number of carbonyl (C=O) groups is 1. The molecule has 0 N–H and O–H groups in total. The topological polar surface area (TPSA) is 26.3 Å². The van der Waals surface area contributed by atoms with Gasteiger partial charge in [0.2, 0.25) is 0 Å². The minimum atomic E-state index is -0.0618. The number of hydrogen-bond donors (Lipinski definition) is 0. The smallest absolute Gasteiger partial charge is 0.314 e. The molecule has 1 fully saturated rings. The Morgan fingerprint density at radius 2 is 1.38 bits per heavy atom. The molecule has 1 unspecified atom stereocenters. The second-order valence-electron chi connectivity index (χ2n) is 12.0. The van der Waals surface area contributed by atoms with E-state index >= 15 is 0 Å². The average Bonchev–Trinajstić information content (AvgIpc) is 3.00. The summed E-state index contributed by atoms with van der Waals surface area (Å²) in [5.41, 5.74) is 5.23. The molecule has 0 bridgehead atoms. The maximum atomic E-state index is 13.2. The monoisotopic (exact) mass is 538 g/mol. The first-order valence-electron chi connectivity index (χ1n) is 16.1. The highest BCUT2D eigenvalue weighted by Crippen LogP contribution is 2.38. The van der Waals surface area contributed by atoms with Crippen LogP contribution in [0, 0.1) is 11.8 Å². The Bertz CT molecular complexity index is 1110. The van der Waals surface area contributed by atoms with Gasteiger partial charge in [0.15, 0.2) is 0 Å². The van der Waals surface area contributed by atoms with E-state index in [-0.39, 0.29) is 11.9 Å². The van der Waals surface area contributed by atoms with Crippen molar-refractivity contribution in [3.8, 4) is 16.9 Å². The van der Waals surface area contributed by atoms with Crippen LogP contribution >= 0.6 is 0 Å². The molecule has 0 heterocycles. The van der Waals surface area contributed by atoms with Gasteiger partial charge in [-0.25, -0.2) is 0 Å². The summed E-state index contributed by atoms with van der Waals surface area (Å²) >= 11 is 0. The van der Waals surface area contributed by atoms with Gasteiger partial charge in [0, 0.05) is 0 Å². The van der Waals surface area contributed by atoms with E-state index in [9.17, 15) is 4.79 Å². The quantitative estimate of drug-likeness (QED) is 0.109. The molecule has 214 valence electrons. The van der Waals surface area contributed by atoms with Crippen LogP contribution < -0.4 is 4.74 Å². The van der Waals surface area contributed by atoms with Crippen molar-refractivity contribution in [2.24, 2.45) is 11.8 Å². The third-order valence-corrected chi connectivity index (χ3v) is 8.95. The molecule has 3 aromatic rings. The fourth-order valence-corrected chi connectivity index (χ4v) is 6.35. The Morgan fingerprint density at radius 3 is 2.05 bits per heavy atom. The van der Waals surface area contributed by atoms with E-state index < -0.39 is 0 Å². The number of rotatable bonds is 15. The first kappa shape index (κ1) is 30.1. The lowest BCUT2D eigenvalue weighted by atomic mass is 9.77. The van der Waals surface area contributed by atoms with Crippen molar-refractivity contribution in [1.82, 2.24) is 0 Å². The van der Waals surface area contributed by atoms with Gasteiger partial charge >= 0.3 is 5.97 Å². The summed E-state index contributed by atoms with van der Waals surface area (Å²) < 4.78 is 5.92. The summed E-state index contributed by atoms with van der Waals surface area (Å²) in [6, 6.07) is 27.8. The van der Waals surface area contributed by atoms with Gasteiger partial charge in [0.05, 0.1) is 5.92 Å². The number of carbonyl (C=O) groups excluding carboxylic acids is 1. The highest BCUT2D eigenvalue weighted by atomic mass is 16.5. The van der Waals surface area contributed by atoms with Gasteiger partial charge in [-0.15, -0.1) is 0 Å². The molecule has 1 saturated carbocycles. The third-order valence-electron chi connectivity index (χ3n) is 8.95. The van der Waals surface area contributed by atoms with Crippen molar-refractivity contribution in [2.45, 2.75) is 110 Å². The van der Waals surface area contributed by atoms with Crippen molar-refractivity contribution in [3.63, 3.8) is 0 Å². The lowest BCUT2D eigenvalue weighted by Gasteiger charge is -2.29. The van der Waals surface area contributed by atoms with Crippen LogP contribution in [-0.2, 0) is 11.2 Å². The fourth-order valence-electron chi connectivity index (χ4n) is 6.35. The predicted octanol–water partition coefficient (Wildman–Crippen LogP) is 10.9. The van der Waals surface area contributed by atoms with E-state index in [1.165, 1.54) is 73.6 Å². The number of aryl methyl sites for hydroxylation is 1. The maximum Gasteiger partial charge on any atom is 0.314 e. The van der Waals surface area contributed by atoms with Crippen LogP contribution in [0.5, 0.6) is 5.75 Å². The van der Waals surface area contributed by atoms with Crippen LogP contribution in [0.1, 0.15) is 114 Å². The molecule has 1 aliphatic rings. The Labute approximate surface area is 243 Å². The normalized spacial score (nSPS) is 17.9. The number of benzene rings is 3. The van der Waals surface area contributed by atoms with E-state index in [0.29, 0.717) is 11.7 Å². The van der Waals surface area contributed by atoms with Gasteiger partial charge < -0.3 is 4.74 Å². The minimum absolute atomic E-state index is 0.0359. The van der Waals surface area contributed by atoms with E-state index in [2.05, 4.69) is 74.5 Å². The van der Waals surface area contributed by atoms with E-state index in [1.807, 2.05) is 18.2 Å². The van der Waals surface area contributed by atoms with Gasteiger partial charge in [-0.1, -0.05) is 119 Å². The number of hydrogen-bond acceptors (Lipinski definition) is 2. The average molecular weight is 539 g/mol. The molecular formula is C38H50O2. The van der Waals surface area contributed by atoms with Crippen LogP contribution in [0.25, 0.3) is 11.1 Å². The lowest BCUT2D eigenvalue weighted by Crippen LogP contribution is -2.21. The van der Waals surface area contributed by atoms with E-state index in [4.69, 9.17) is 4.74 Å². The van der Waals surface area contributed by atoms with Crippen LogP contribution in [0.15, 0.2) is 78.9 Å². The molecule has 0 aliphatic heterocycles. The van der Waals surface area contributed by atoms with Gasteiger partial charge in [0.25, 0.3) is 0 Å². The predicted molar refractivity (Wildman–Crippen MR) is 169 cm³/mol. The second kappa shape index (κ2) is 16.4. The largest absolute Gasteiger partial charge is 0.426 e. The maximum absolute atomic E-state index is 13.2. The Hall–Kier alpha value is -2.87. The Kier molecular flexibility index (Phi) is 12.3. The molecule has 4 rings (SSSR count). The van der Waals surface area contributed by atoms with Crippen molar-refractivity contribution in [3.05, 3.63) is 90.0 Å². The molecule has 0 spiro atoms. The zero-order valence-electron chi connectivity index (χ0n) is 25.0. The zero-order chi connectivity index (χ0) is 28.0. The number of unbranched alkanes of at least 4 members (excludes halogenated alkanes) is 3. The molecule has 0 aromatic heterocycles. The molecule has 1 atom stereocenters. The summed E-state index contributed by atoms with van der Waals surface area (Å²) in [5.74, 6) is 2.18. The molecule has 2 heteroatoms. The van der Waals surface area contributed by atoms with Crippen molar-refractivity contribution >= 4 is 5.97 Å². The van der Waals surface area contributed by atoms with Crippen LogP contribution in [0.3, 0.4) is 0 Å². The van der Waals surface area contributed by atoms with Gasteiger partial charge in [-0.2, -0.15) is 0 Å². The SMILES string of the molecule is CCCCCC1CCC(c2ccc(OC(=O)C(CCCC)CCCc3ccc(-c4ccccc4)cc3)cc2)CC1. The molecular weight excluding hydrogens is 488 g/mol. The Balaban J connectivity index is 1.24. The standard InChI is InChI=1S/C38H50O2/c1-3-5-8-12-30-18-24-34(25-19-30)35-26-28-37(29-27-35)40-38(39)36(14-6-4-2)17-11-13-31-20-22-33(23-21-31)32-15-9-7-10-16-32/h7,9-10,15-16,20-23,26-30,34,36H,3-6,8,11-14,17-19,24-25H2,1-2H3. The molecule has 1 aliphatic carbocycles. The number of ether oxygens (including phenoxy) is 1. The van der Waals surface area contributed by atoms with Crippen molar-refractivity contribution in [2.75, 3.05) is 0 Å². The van der Waals surface area contributed by atoms with Crippen molar-refractivity contribution in [1.29, 1.82) is 0 Å². The fraction of sp³-hybridized carbons (Fsp3) is 0.500. The summed E-state index contributed by atoms with van der Waals surface area (Å²) in [7, 11) is 0. The van der Waals surface area contributed by atoms with E-state index in [1.54, 1.807) is 0 Å². The van der Waals surface area contributed by atoms with Crippen LogP contribution in [-0.4, -0.2) is 5.97 Å². The molecule has 3 aromatic carbocycles. The van der Waals surface area contributed by atoms with Gasteiger partial charge in [0.1, 0.15) is 5.75 Å². The van der Waals surface area contributed by atoms with Crippen molar-refractivity contribution < 1.29 is 9.53 Å². The molecule has 40 heavy (non-hydrogen) atoms. The minimum Gasteiger partial charge on any atom is -0.426 e. The first-order valence-corrected chi connectivity index (χ1v) is 16.1. The summed E-state index contributed by atoms with van der Waals surface area (Å²) in [6.45, 7) is 4.48. The first-order chi connectivity index (χ1) is 19.7. The molecule has 0 saturated heterocycles. The summed E-state index contributed by atoms with van der Waals surface area (Å²) in [4.78, 5) is 13.2.